The van der Waals surface area contributed by atoms with E-state index >= 15 is 0 Å². The van der Waals surface area contributed by atoms with E-state index in [1.165, 1.54) is 16.7 Å². The fourth-order valence-electron chi connectivity index (χ4n) is 1.50. The first-order valence-corrected chi connectivity index (χ1v) is 5.53. The van der Waals surface area contributed by atoms with Crippen LogP contribution < -0.4 is 5.73 Å². The monoisotopic (exact) mass is 217 g/mol. The fourth-order valence-corrected chi connectivity index (χ4v) is 2.25. The number of thioether (sulfide) groups is 1. The predicted molar refractivity (Wildman–Crippen MR) is 56.7 cm³/mol. The highest BCUT2D eigenvalue weighted by Gasteiger charge is 2.22. The molecule has 4 N–H and O–H groups in total. The summed E-state index contributed by atoms with van der Waals surface area (Å²) in [5.41, 5.74) is 5.23. The minimum atomic E-state index is -0.831. The number of likely N-dealkylation sites (tertiary alicyclic amines) is 1. The third-order valence-corrected chi connectivity index (χ3v) is 3.31. The molecule has 1 amide bonds. The molecule has 0 bridgehead atoms. The van der Waals surface area contributed by atoms with Gasteiger partial charge in [-0.3, -0.25) is 5.41 Å². The molecule has 1 saturated heterocycles. The summed E-state index contributed by atoms with van der Waals surface area (Å²) in [7, 11) is 0. The van der Waals surface area contributed by atoms with Gasteiger partial charge in [0.1, 0.15) is 0 Å². The summed E-state index contributed by atoms with van der Waals surface area (Å²) in [4.78, 5) is 12.0. The third-order valence-electron chi connectivity index (χ3n) is 2.36. The van der Waals surface area contributed by atoms with Gasteiger partial charge >= 0.3 is 6.09 Å². The van der Waals surface area contributed by atoms with E-state index in [9.17, 15) is 4.79 Å². The molecule has 1 aliphatic rings. The number of hydrogen-bond acceptors (Lipinski definition) is 3. The van der Waals surface area contributed by atoms with Crippen molar-refractivity contribution in [1.82, 2.24) is 4.90 Å². The van der Waals surface area contributed by atoms with Crippen LogP contribution in [-0.4, -0.2) is 40.1 Å². The molecule has 1 heterocycles. The largest absolute Gasteiger partial charge is 0.465 e. The van der Waals surface area contributed by atoms with Crippen molar-refractivity contribution in [1.29, 1.82) is 5.41 Å². The van der Waals surface area contributed by atoms with Crippen LogP contribution in [0, 0.1) is 11.3 Å². The summed E-state index contributed by atoms with van der Waals surface area (Å²) >= 11 is 1.34. The molecule has 1 aliphatic heterocycles. The molecule has 0 unspecified atom stereocenters. The van der Waals surface area contributed by atoms with Crippen molar-refractivity contribution in [3.63, 3.8) is 0 Å². The smallest absolute Gasteiger partial charge is 0.407 e. The molecule has 14 heavy (non-hydrogen) atoms. The summed E-state index contributed by atoms with van der Waals surface area (Å²) in [5, 5.41) is 15.9. The second kappa shape index (κ2) is 5.09. The molecular formula is C8H15N3O2S. The Labute approximate surface area is 87.2 Å². The molecule has 0 aromatic heterocycles. The van der Waals surface area contributed by atoms with Crippen LogP contribution in [0.2, 0.25) is 0 Å². The molecule has 0 atom stereocenters. The minimum Gasteiger partial charge on any atom is -0.465 e. The van der Waals surface area contributed by atoms with Gasteiger partial charge in [0.15, 0.2) is 5.17 Å². The second-order valence-electron chi connectivity index (χ2n) is 3.39. The summed E-state index contributed by atoms with van der Waals surface area (Å²) < 4.78 is 0. The van der Waals surface area contributed by atoms with E-state index in [-0.39, 0.29) is 5.17 Å². The van der Waals surface area contributed by atoms with E-state index < -0.39 is 6.09 Å². The van der Waals surface area contributed by atoms with Gasteiger partial charge in [0, 0.05) is 18.8 Å². The Morgan fingerprint density at radius 2 is 2.14 bits per heavy atom. The highest BCUT2D eigenvalue weighted by Crippen LogP contribution is 2.21. The van der Waals surface area contributed by atoms with E-state index in [2.05, 4.69) is 0 Å². The quantitative estimate of drug-likeness (QED) is 0.475. The number of nitrogens with two attached hydrogens (primary N) is 1. The van der Waals surface area contributed by atoms with Gasteiger partial charge in [-0.1, -0.05) is 11.8 Å². The molecule has 80 valence electrons. The Kier molecular flexibility index (Phi) is 4.06. The van der Waals surface area contributed by atoms with Gasteiger partial charge in [0.2, 0.25) is 0 Å². The lowest BCUT2D eigenvalue weighted by Gasteiger charge is -2.29. The molecule has 0 radical (unpaired) electrons. The summed E-state index contributed by atoms with van der Waals surface area (Å²) in [5.74, 6) is 1.34. The number of nitrogens with one attached hydrogen (secondary N) is 1. The Bertz CT molecular complexity index is 227. The van der Waals surface area contributed by atoms with Crippen LogP contribution in [0.15, 0.2) is 0 Å². The standard InChI is InChI=1S/C8H15N3O2S/c9-7(10)14-5-6-1-3-11(4-2-6)8(12)13/h6H,1-5H2,(H3,9,10)(H,12,13). The number of rotatable bonds is 2. The molecule has 1 fully saturated rings. The van der Waals surface area contributed by atoms with E-state index in [1.54, 1.807) is 0 Å². The Hall–Kier alpha value is -0.910. The van der Waals surface area contributed by atoms with Crippen LogP contribution in [0.5, 0.6) is 0 Å². The highest BCUT2D eigenvalue weighted by atomic mass is 32.2. The highest BCUT2D eigenvalue weighted by molar-refractivity contribution is 8.13. The zero-order valence-electron chi connectivity index (χ0n) is 7.90. The van der Waals surface area contributed by atoms with Crippen molar-refractivity contribution in [3.8, 4) is 0 Å². The van der Waals surface area contributed by atoms with Gasteiger partial charge in [-0.05, 0) is 18.8 Å². The van der Waals surface area contributed by atoms with Crippen LogP contribution in [0.3, 0.4) is 0 Å². The average Bonchev–Trinajstić information content (AvgIpc) is 2.15. The Morgan fingerprint density at radius 1 is 1.57 bits per heavy atom. The summed E-state index contributed by atoms with van der Waals surface area (Å²) in [6.07, 6.45) is 0.932. The molecule has 0 aromatic rings. The average molecular weight is 217 g/mol. The summed E-state index contributed by atoms with van der Waals surface area (Å²) in [6, 6.07) is 0. The molecule has 1 rings (SSSR count). The van der Waals surface area contributed by atoms with Crippen LogP contribution in [0.1, 0.15) is 12.8 Å². The lowest BCUT2D eigenvalue weighted by molar-refractivity contribution is 0.127. The SMILES string of the molecule is N=C(N)SCC1CCN(C(=O)O)CC1. The molecule has 0 aliphatic carbocycles. The zero-order valence-corrected chi connectivity index (χ0v) is 8.72. The summed E-state index contributed by atoms with van der Waals surface area (Å²) in [6.45, 7) is 1.22. The maximum atomic E-state index is 10.6. The predicted octanol–water partition coefficient (Wildman–Crippen LogP) is 1.00. The van der Waals surface area contributed by atoms with Crippen molar-refractivity contribution in [2.75, 3.05) is 18.8 Å². The van der Waals surface area contributed by atoms with Gasteiger partial charge < -0.3 is 15.7 Å². The number of nitrogens with zero attached hydrogens (tertiary/aromatic N) is 1. The van der Waals surface area contributed by atoms with E-state index in [1.807, 2.05) is 0 Å². The number of carbonyl (C=O) groups is 1. The molecule has 5 nitrogen and oxygen atoms in total. The molecule has 0 aromatic carbocycles. The van der Waals surface area contributed by atoms with Crippen LogP contribution in [0.25, 0.3) is 0 Å². The number of hydrogen-bond donors (Lipinski definition) is 3. The van der Waals surface area contributed by atoms with E-state index in [0.29, 0.717) is 19.0 Å². The third kappa shape index (κ3) is 3.45. The van der Waals surface area contributed by atoms with Gasteiger partial charge in [-0.25, -0.2) is 4.79 Å². The van der Waals surface area contributed by atoms with Crippen LogP contribution in [0.4, 0.5) is 4.79 Å². The lowest BCUT2D eigenvalue weighted by atomic mass is 9.99. The van der Waals surface area contributed by atoms with Gasteiger partial charge in [-0.15, -0.1) is 0 Å². The van der Waals surface area contributed by atoms with Crippen LogP contribution in [-0.2, 0) is 0 Å². The molecule has 0 saturated carbocycles. The first-order chi connectivity index (χ1) is 6.59. The van der Waals surface area contributed by atoms with Crippen molar-refractivity contribution >= 4 is 23.0 Å². The van der Waals surface area contributed by atoms with Crippen molar-refractivity contribution in [2.24, 2.45) is 11.7 Å². The molecular weight excluding hydrogens is 202 g/mol. The fraction of sp³-hybridized carbons (Fsp3) is 0.750. The van der Waals surface area contributed by atoms with Gasteiger partial charge in [0.25, 0.3) is 0 Å². The normalized spacial score (nSPS) is 18.1. The topological polar surface area (TPSA) is 90.4 Å². The van der Waals surface area contributed by atoms with Crippen molar-refractivity contribution in [2.45, 2.75) is 12.8 Å². The second-order valence-corrected chi connectivity index (χ2v) is 4.45. The Morgan fingerprint density at radius 3 is 2.57 bits per heavy atom. The number of piperidine rings is 1. The first kappa shape index (κ1) is 11.2. The van der Waals surface area contributed by atoms with E-state index in [4.69, 9.17) is 16.2 Å². The van der Waals surface area contributed by atoms with Gasteiger partial charge in [-0.2, -0.15) is 0 Å². The zero-order chi connectivity index (χ0) is 10.6. The maximum absolute atomic E-state index is 10.6. The maximum Gasteiger partial charge on any atom is 0.407 e. The molecule has 6 heteroatoms. The van der Waals surface area contributed by atoms with Gasteiger partial charge in [0.05, 0.1) is 0 Å². The number of carboxylic acid groups (broad SMARTS) is 1. The van der Waals surface area contributed by atoms with Crippen molar-refractivity contribution in [3.05, 3.63) is 0 Å². The number of amides is 1. The van der Waals surface area contributed by atoms with E-state index in [0.717, 1.165) is 18.6 Å². The minimum absolute atomic E-state index is 0.144. The number of amidine groups is 1. The van der Waals surface area contributed by atoms with Crippen LogP contribution >= 0.6 is 11.8 Å². The van der Waals surface area contributed by atoms with Crippen molar-refractivity contribution < 1.29 is 9.90 Å². The first-order valence-electron chi connectivity index (χ1n) is 4.54. The Balaban J connectivity index is 2.22. The lowest BCUT2D eigenvalue weighted by Crippen LogP contribution is -2.38. The molecule has 0 spiro atoms.